The lowest BCUT2D eigenvalue weighted by molar-refractivity contribution is 0.417. The van der Waals surface area contributed by atoms with E-state index in [-0.39, 0.29) is 0 Å². The lowest BCUT2D eigenvalue weighted by Crippen LogP contribution is -2.29. The summed E-state index contributed by atoms with van der Waals surface area (Å²) in [6.45, 7) is 0. The molecule has 0 aliphatic heterocycles. The first kappa shape index (κ1) is 11.9. The van der Waals surface area contributed by atoms with Crippen molar-refractivity contribution in [2.75, 3.05) is 12.8 Å². The SMILES string of the molecule is CNC1CCCC1CCSc1ccncn1. The van der Waals surface area contributed by atoms with Gasteiger partial charge in [0, 0.05) is 12.2 Å². The lowest BCUT2D eigenvalue weighted by atomic mass is 10.0. The minimum atomic E-state index is 0.742. The fraction of sp³-hybridized carbons (Fsp3) is 0.667. The first-order valence-electron chi connectivity index (χ1n) is 5.96. The van der Waals surface area contributed by atoms with E-state index in [2.05, 4.69) is 22.3 Å². The van der Waals surface area contributed by atoms with Crippen LogP contribution in [0.25, 0.3) is 0 Å². The average Bonchev–Trinajstić information content (AvgIpc) is 2.78. The number of nitrogens with zero attached hydrogens (tertiary/aromatic N) is 2. The molecule has 0 radical (unpaired) electrons. The molecule has 0 spiro atoms. The van der Waals surface area contributed by atoms with E-state index in [1.807, 2.05) is 17.8 Å². The summed E-state index contributed by atoms with van der Waals surface area (Å²) in [6.07, 6.45) is 8.83. The summed E-state index contributed by atoms with van der Waals surface area (Å²) in [7, 11) is 2.08. The molecule has 4 heteroatoms. The normalized spacial score (nSPS) is 24.8. The Bertz CT molecular complexity index is 304. The van der Waals surface area contributed by atoms with Crippen molar-refractivity contribution in [3.05, 3.63) is 18.6 Å². The Kier molecular flexibility index (Phi) is 4.60. The minimum absolute atomic E-state index is 0.742. The molecule has 0 aromatic carbocycles. The number of aromatic nitrogens is 2. The number of rotatable bonds is 5. The predicted octanol–water partition coefficient (Wildman–Crippen LogP) is 2.35. The molecular weight excluding hydrogens is 218 g/mol. The van der Waals surface area contributed by atoms with Crippen LogP contribution in [0.1, 0.15) is 25.7 Å². The molecule has 1 aromatic rings. The summed E-state index contributed by atoms with van der Waals surface area (Å²) in [4.78, 5) is 8.14. The van der Waals surface area contributed by atoms with Crippen LogP contribution in [-0.2, 0) is 0 Å². The van der Waals surface area contributed by atoms with E-state index in [1.165, 1.54) is 31.4 Å². The van der Waals surface area contributed by atoms with Gasteiger partial charge in [-0.25, -0.2) is 9.97 Å². The Hall–Kier alpha value is -0.610. The molecule has 88 valence electrons. The smallest absolute Gasteiger partial charge is 0.116 e. The largest absolute Gasteiger partial charge is 0.317 e. The van der Waals surface area contributed by atoms with Crippen LogP contribution in [0.15, 0.2) is 23.6 Å². The van der Waals surface area contributed by atoms with Gasteiger partial charge in [-0.15, -0.1) is 11.8 Å². The van der Waals surface area contributed by atoms with Crippen molar-refractivity contribution in [2.24, 2.45) is 5.92 Å². The number of nitrogens with one attached hydrogen (secondary N) is 1. The first-order chi connectivity index (χ1) is 7.90. The highest BCUT2D eigenvalue weighted by Crippen LogP contribution is 2.30. The highest BCUT2D eigenvalue weighted by Gasteiger charge is 2.25. The summed E-state index contributed by atoms with van der Waals surface area (Å²) < 4.78 is 0. The second-order valence-electron chi connectivity index (χ2n) is 4.27. The van der Waals surface area contributed by atoms with Gasteiger partial charge in [-0.05, 0) is 44.0 Å². The van der Waals surface area contributed by atoms with Crippen molar-refractivity contribution in [3.63, 3.8) is 0 Å². The van der Waals surface area contributed by atoms with Gasteiger partial charge in [-0.3, -0.25) is 0 Å². The van der Waals surface area contributed by atoms with Gasteiger partial charge in [0.25, 0.3) is 0 Å². The Morgan fingerprint density at radius 2 is 2.44 bits per heavy atom. The van der Waals surface area contributed by atoms with Gasteiger partial charge >= 0.3 is 0 Å². The van der Waals surface area contributed by atoms with Crippen LogP contribution in [0.3, 0.4) is 0 Å². The molecule has 0 amide bonds. The Morgan fingerprint density at radius 1 is 1.50 bits per heavy atom. The van der Waals surface area contributed by atoms with E-state index in [4.69, 9.17) is 0 Å². The topological polar surface area (TPSA) is 37.8 Å². The number of hydrogen-bond donors (Lipinski definition) is 1. The highest BCUT2D eigenvalue weighted by molar-refractivity contribution is 7.99. The van der Waals surface area contributed by atoms with E-state index < -0.39 is 0 Å². The van der Waals surface area contributed by atoms with Crippen molar-refractivity contribution in [1.29, 1.82) is 0 Å². The van der Waals surface area contributed by atoms with Crippen molar-refractivity contribution < 1.29 is 0 Å². The van der Waals surface area contributed by atoms with Crippen molar-refractivity contribution in [3.8, 4) is 0 Å². The van der Waals surface area contributed by atoms with Gasteiger partial charge in [-0.1, -0.05) is 6.42 Å². The van der Waals surface area contributed by atoms with Crippen molar-refractivity contribution in [1.82, 2.24) is 15.3 Å². The van der Waals surface area contributed by atoms with Gasteiger partial charge < -0.3 is 5.32 Å². The third-order valence-corrected chi connectivity index (χ3v) is 4.30. The summed E-state index contributed by atoms with van der Waals surface area (Å²) in [5.41, 5.74) is 0. The molecule has 1 N–H and O–H groups in total. The molecule has 2 rings (SSSR count). The Balaban J connectivity index is 1.72. The van der Waals surface area contributed by atoms with Crippen LogP contribution in [0.2, 0.25) is 0 Å². The maximum Gasteiger partial charge on any atom is 0.116 e. The van der Waals surface area contributed by atoms with E-state index in [1.54, 1.807) is 12.5 Å². The zero-order chi connectivity index (χ0) is 11.2. The lowest BCUT2D eigenvalue weighted by Gasteiger charge is -2.18. The maximum atomic E-state index is 4.22. The fourth-order valence-electron chi connectivity index (χ4n) is 2.44. The van der Waals surface area contributed by atoms with Gasteiger partial charge in [0.05, 0.1) is 5.03 Å². The van der Waals surface area contributed by atoms with Crippen molar-refractivity contribution >= 4 is 11.8 Å². The molecule has 0 bridgehead atoms. The van der Waals surface area contributed by atoms with E-state index in [9.17, 15) is 0 Å². The van der Waals surface area contributed by atoms with Crippen LogP contribution in [0, 0.1) is 5.92 Å². The zero-order valence-corrected chi connectivity index (χ0v) is 10.5. The summed E-state index contributed by atoms with van der Waals surface area (Å²) in [5, 5.41) is 4.52. The molecule has 1 aromatic heterocycles. The van der Waals surface area contributed by atoms with Crippen molar-refractivity contribution in [2.45, 2.75) is 36.8 Å². The van der Waals surface area contributed by atoms with Crippen LogP contribution in [-0.4, -0.2) is 28.8 Å². The third kappa shape index (κ3) is 3.19. The fourth-order valence-corrected chi connectivity index (χ4v) is 3.35. The molecule has 1 aliphatic carbocycles. The zero-order valence-electron chi connectivity index (χ0n) is 9.72. The first-order valence-corrected chi connectivity index (χ1v) is 6.95. The molecule has 1 saturated carbocycles. The quantitative estimate of drug-likeness (QED) is 0.630. The average molecular weight is 237 g/mol. The Labute approximate surface area is 101 Å². The molecule has 1 fully saturated rings. The highest BCUT2D eigenvalue weighted by atomic mass is 32.2. The van der Waals surface area contributed by atoms with Gasteiger partial charge in [0.15, 0.2) is 0 Å². The molecule has 2 unspecified atom stereocenters. The van der Waals surface area contributed by atoms with Crippen LogP contribution in [0.4, 0.5) is 0 Å². The molecule has 2 atom stereocenters. The number of hydrogen-bond acceptors (Lipinski definition) is 4. The molecular formula is C12H19N3S. The minimum Gasteiger partial charge on any atom is -0.317 e. The molecule has 0 saturated heterocycles. The van der Waals surface area contributed by atoms with Crippen LogP contribution in [0.5, 0.6) is 0 Å². The van der Waals surface area contributed by atoms with E-state index in [0.717, 1.165) is 17.0 Å². The molecule has 1 aliphatic rings. The second-order valence-corrected chi connectivity index (χ2v) is 5.39. The van der Waals surface area contributed by atoms with E-state index >= 15 is 0 Å². The number of thioether (sulfide) groups is 1. The molecule has 1 heterocycles. The van der Waals surface area contributed by atoms with Gasteiger partial charge in [-0.2, -0.15) is 0 Å². The maximum absolute atomic E-state index is 4.22. The van der Waals surface area contributed by atoms with Crippen LogP contribution >= 0.6 is 11.8 Å². The summed E-state index contributed by atoms with van der Waals surface area (Å²) in [6, 6.07) is 2.72. The molecule has 3 nitrogen and oxygen atoms in total. The predicted molar refractivity (Wildman–Crippen MR) is 67.6 cm³/mol. The van der Waals surface area contributed by atoms with Crippen LogP contribution < -0.4 is 5.32 Å². The summed E-state index contributed by atoms with van der Waals surface area (Å²) in [5.74, 6) is 2.03. The Morgan fingerprint density at radius 3 is 3.19 bits per heavy atom. The standard InChI is InChI=1S/C12H19N3S/c1-13-11-4-2-3-10(11)6-8-16-12-5-7-14-9-15-12/h5,7,9-11,13H,2-4,6,8H2,1H3. The second kappa shape index (κ2) is 6.21. The summed E-state index contributed by atoms with van der Waals surface area (Å²) >= 11 is 1.84. The monoisotopic (exact) mass is 237 g/mol. The van der Waals surface area contributed by atoms with Gasteiger partial charge in [0.2, 0.25) is 0 Å². The van der Waals surface area contributed by atoms with E-state index in [0.29, 0.717) is 0 Å². The third-order valence-electron chi connectivity index (χ3n) is 3.32. The molecule has 16 heavy (non-hydrogen) atoms. The van der Waals surface area contributed by atoms with Gasteiger partial charge in [0.1, 0.15) is 6.33 Å².